The molecule has 0 atom stereocenters. The molecule has 0 aliphatic carbocycles. The van der Waals surface area contributed by atoms with E-state index in [1.807, 2.05) is 55.5 Å². The minimum atomic E-state index is 0.202. The highest BCUT2D eigenvalue weighted by Gasteiger charge is 2.08. The van der Waals surface area contributed by atoms with Gasteiger partial charge in [-0.1, -0.05) is 48.0 Å². The van der Waals surface area contributed by atoms with Gasteiger partial charge in [-0.3, -0.25) is 4.79 Å². The van der Waals surface area contributed by atoms with Crippen LogP contribution in [0, 0.1) is 6.92 Å². The Morgan fingerprint density at radius 3 is 2.37 bits per heavy atom. The standard InChI is InChI=1S/C17H18O2/c1-13-7-9-14(10-8-13)11-16(18)12-15-5-3-4-6-17(15)19-2/h3-10H,11-12H2,1-2H3. The maximum absolute atomic E-state index is 12.1. The minimum Gasteiger partial charge on any atom is -0.496 e. The quantitative estimate of drug-likeness (QED) is 0.817. The first kappa shape index (κ1) is 13.3. The van der Waals surface area contributed by atoms with Crippen LogP contribution >= 0.6 is 0 Å². The summed E-state index contributed by atoms with van der Waals surface area (Å²) >= 11 is 0. The Balaban J connectivity index is 2.03. The number of ether oxygens (including phenoxy) is 1. The van der Waals surface area contributed by atoms with Crippen molar-refractivity contribution in [2.75, 3.05) is 7.11 Å². The first-order valence-corrected chi connectivity index (χ1v) is 6.38. The predicted octanol–water partition coefficient (Wildman–Crippen LogP) is 3.36. The average Bonchev–Trinajstić information content (AvgIpc) is 2.42. The van der Waals surface area contributed by atoms with Crippen LogP contribution in [0.2, 0.25) is 0 Å². The van der Waals surface area contributed by atoms with E-state index in [9.17, 15) is 4.79 Å². The van der Waals surface area contributed by atoms with E-state index in [0.29, 0.717) is 12.8 Å². The molecule has 0 N–H and O–H groups in total. The lowest BCUT2D eigenvalue weighted by Crippen LogP contribution is -2.07. The fourth-order valence-electron chi connectivity index (χ4n) is 2.06. The van der Waals surface area contributed by atoms with Gasteiger partial charge < -0.3 is 4.74 Å². The zero-order valence-corrected chi connectivity index (χ0v) is 11.3. The lowest BCUT2D eigenvalue weighted by Gasteiger charge is -2.07. The molecule has 0 fully saturated rings. The molecule has 2 rings (SSSR count). The molecule has 0 saturated heterocycles. The second-order valence-corrected chi connectivity index (χ2v) is 4.69. The Hall–Kier alpha value is -2.09. The fraction of sp³-hybridized carbons (Fsp3) is 0.235. The number of carbonyl (C=O) groups excluding carboxylic acids is 1. The molecule has 2 aromatic carbocycles. The zero-order chi connectivity index (χ0) is 13.7. The van der Waals surface area contributed by atoms with E-state index < -0.39 is 0 Å². The number of Topliss-reactive ketones (excluding diaryl/α,β-unsaturated/α-hetero) is 1. The molecular formula is C17H18O2. The number of methoxy groups -OCH3 is 1. The van der Waals surface area contributed by atoms with Crippen LogP contribution in [0.1, 0.15) is 16.7 Å². The van der Waals surface area contributed by atoms with Crippen LogP contribution < -0.4 is 4.74 Å². The zero-order valence-electron chi connectivity index (χ0n) is 11.3. The molecule has 0 unspecified atom stereocenters. The number of hydrogen-bond donors (Lipinski definition) is 0. The maximum atomic E-state index is 12.1. The Labute approximate surface area is 114 Å². The van der Waals surface area contributed by atoms with Crippen molar-refractivity contribution in [2.24, 2.45) is 0 Å². The maximum Gasteiger partial charge on any atom is 0.141 e. The summed E-state index contributed by atoms with van der Waals surface area (Å²) in [5, 5.41) is 0. The smallest absolute Gasteiger partial charge is 0.141 e. The number of ketones is 1. The van der Waals surface area contributed by atoms with Gasteiger partial charge in [-0.25, -0.2) is 0 Å². The monoisotopic (exact) mass is 254 g/mol. The van der Waals surface area contributed by atoms with Crippen LogP contribution in [-0.2, 0) is 17.6 Å². The molecule has 0 aliphatic rings. The summed E-state index contributed by atoms with van der Waals surface area (Å²) in [7, 11) is 1.63. The number of benzene rings is 2. The summed E-state index contributed by atoms with van der Waals surface area (Å²) in [6, 6.07) is 15.7. The second-order valence-electron chi connectivity index (χ2n) is 4.69. The van der Waals surface area contributed by atoms with Gasteiger partial charge in [-0.2, -0.15) is 0 Å². The van der Waals surface area contributed by atoms with Crippen molar-refractivity contribution >= 4 is 5.78 Å². The molecule has 0 bridgehead atoms. The largest absolute Gasteiger partial charge is 0.496 e. The number of hydrogen-bond acceptors (Lipinski definition) is 2. The lowest BCUT2D eigenvalue weighted by molar-refractivity contribution is -0.117. The van der Waals surface area contributed by atoms with Gasteiger partial charge in [0.1, 0.15) is 11.5 Å². The van der Waals surface area contributed by atoms with Gasteiger partial charge in [0.2, 0.25) is 0 Å². The van der Waals surface area contributed by atoms with Gasteiger partial charge in [0, 0.05) is 18.4 Å². The van der Waals surface area contributed by atoms with Crippen LogP contribution in [0.3, 0.4) is 0 Å². The topological polar surface area (TPSA) is 26.3 Å². The summed E-state index contributed by atoms with van der Waals surface area (Å²) in [5.41, 5.74) is 3.22. The van der Waals surface area contributed by atoms with E-state index in [-0.39, 0.29) is 5.78 Å². The normalized spacial score (nSPS) is 10.2. The van der Waals surface area contributed by atoms with Gasteiger partial charge in [-0.15, -0.1) is 0 Å². The number of rotatable bonds is 5. The Morgan fingerprint density at radius 1 is 1.00 bits per heavy atom. The van der Waals surface area contributed by atoms with Crippen LogP contribution in [-0.4, -0.2) is 12.9 Å². The van der Waals surface area contributed by atoms with E-state index in [1.54, 1.807) is 7.11 Å². The second kappa shape index (κ2) is 6.19. The molecule has 98 valence electrons. The van der Waals surface area contributed by atoms with Crippen molar-refractivity contribution in [2.45, 2.75) is 19.8 Å². The van der Waals surface area contributed by atoms with Gasteiger partial charge in [-0.05, 0) is 18.6 Å². The van der Waals surface area contributed by atoms with Gasteiger partial charge >= 0.3 is 0 Å². The summed E-state index contributed by atoms with van der Waals surface area (Å²) in [6.07, 6.45) is 0.885. The molecule has 0 aromatic heterocycles. The summed E-state index contributed by atoms with van der Waals surface area (Å²) in [4.78, 5) is 12.1. The number of carbonyl (C=O) groups is 1. The Morgan fingerprint density at radius 2 is 1.68 bits per heavy atom. The first-order chi connectivity index (χ1) is 9.19. The number of aryl methyl sites for hydroxylation is 1. The molecule has 0 heterocycles. The third kappa shape index (κ3) is 3.68. The van der Waals surface area contributed by atoms with E-state index >= 15 is 0 Å². The summed E-state index contributed by atoms with van der Waals surface area (Å²) in [6.45, 7) is 2.04. The molecular weight excluding hydrogens is 236 g/mol. The molecule has 2 nitrogen and oxygen atoms in total. The molecule has 0 saturated carbocycles. The van der Waals surface area contributed by atoms with Crippen molar-refractivity contribution in [1.82, 2.24) is 0 Å². The molecule has 2 heteroatoms. The van der Waals surface area contributed by atoms with E-state index in [4.69, 9.17) is 4.74 Å². The molecule has 19 heavy (non-hydrogen) atoms. The summed E-state index contributed by atoms with van der Waals surface area (Å²) < 4.78 is 5.26. The third-order valence-corrected chi connectivity index (χ3v) is 3.10. The highest BCUT2D eigenvalue weighted by molar-refractivity contribution is 5.83. The van der Waals surface area contributed by atoms with Crippen molar-refractivity contribution in [3.05, 3.63) is 65.2 Å². The fourth-order valence-corrected chi connectivity index (χ4v) is 2.06. The van der Waals surface area contributed by atoms with Crippen LogP contribution in [0.25, 0.3) is 0 Å². The van der Waals surface area contributed by atoms with Crippen molar-refractivity contribution in [3.8, 4) is 5.75 Å². The van der Waals surface area contributed by atoms with Crippen LogP contribution in [0.4, 0.5) is 0 Å². The Kier molecular flexibility index (Phi) is 4.35. The van der Waals surface area contributed by atoms with Crippen LogP contribution in [0.5, 0.6) is 5.75 Å². The van der Waals surface area contributed by atoms with E-state index in [1.165, 1.54) is 5.56 Å². The van der Waals surface area contributed by atoms with Gasteiger partial charge in [0.05, 0.1) is 7.11 Å². The first-order valence-electron chi connectivity index (χ1n) is 6.38. The van der Waals surface area contributed by atoms with Crippen molar-refractivity contribution in [1.29, 1.82) is 0 Å². The summed E-state index contributed by atoms with van der Waals surface area (Å²) in [5.74, 6) is 0.980. The number of para-hydroxylation sites is 1. The van der Waals surface area contributed by atoms with Gasteiger partial charge in [0.15, 0.2) is 0 Å². The molecule has 0 aliphatic heterocycles. The van der Waals surface area contributed by atoms with E-state index in [0.717, 1.165) is 16.9 Å². The Bertz CT molecular complexity index is 556. The highest BCUT2D eigenvalue weighted by atomic mass is 16.5. The highest BCUT2D eigenvalue weighted by Crippen LogP contribution is 2.18. The SMILES string of the molecule is COc1ccccc1CC(=O)Cc1ccc(C)cc1. The molecule has 0 amide bonds. The average molecular weight is 254 g/mol. The van der Waals surface area contributed by atoms with Crippen molar-refractivity contribution in [3.63, 3.8) is 0 Å². The van der Waals surface area contributed by atoms with E-state index in [2.05, 4.69) is 0 Å². The molecule has 2 aromatic rings. The minimum absolute atomic E-state index is 0.202. The molecule has 0 spiro atoms. The van der Waals surface area contributed by atoms with Gasteiger partial charge in [0.25, 0.3) is 0 Å². The van der Waals surface area contributed by atoms with Crippen molar-refractivity contribution < 1.29 is 9.53 Å². The van der Waals surface area contributed by atoms with Crippen LogP contribution in [0.15, 0.2) is 48.5 Å². The predicted molar refractivity (Wildman–Crippen MR) is 76.6 cm³/mol. The third-order valence-electron chi connectivity index (χ3n) is 3.10. The lowest BCUT2D eigenvalue weighted by atomic mass is 10.0. The molecule has 0 radical (unpaired) electrons.